The van der Waals surface area contributed by atoms with Crippen molar-refractivity contribution in [1.29, 1.82) is 0 Å². The fraction of sp³-hybridized carbons (Fsp3) is 0.368. The first-order valence-electron chi connectivity index (χ1n) is 17.6. The van der Waals surface area contributed by atoms with Crippen LogP contribution >= 0.6 is 0 Å². The highest BCUT2D eigenvalue weighted by Gasteiger charge is 2.41. The summed E-state index contributed by atoms with van der Waals surface area (Å²) in [5, 5.41) is 7.32. The molecule has 53 heavy (non-hydrogen) atoms. The first kappa shape index (κ1) is 34.8. The number of rotatable bonds is 4. The Balaban J connectivity index is 1.48. The van der Waals surface area contributed by atoms with Crippen LogP contribution in [0.4, 0.5) is 9.18 Å². The summed E-state index contributed by atoms with van der Waals surface area (Å²) < 4.78 is 63.2. The highest BCUT2D eigenvalue weighted by molar-refractivity contribution is 7.90. The Kier molecular flexibility index (Phi) is 8.33. The first-order chi connectivity index (χ1) is 25.2. The zero-order chi connectivity index (χ0) is 37.4. The van der Waals surface area contributed by atoms with Crippen molar-refractivity contribution in [1.82, 2.24) is 33.2 Å². The highest BCUT2D eigenvalue weighted by atomic mass is 32.2. The van der Waals surface area contributed by atoms with Crippen molar-refractivity contribution in [3.05, 3.63) is 89.0 Å². The van der Waals surface area contributed by atoms with Crippen LogP contribution in [-0.2, 0) is 40.0 Å². The van der Waals surface area contributed by atoms with E-state index >= 15 is 4.39 Å². The fourth-order valence-corrected chi connectivity index (χ4v) is 9.29. The molecule has 0 radical (unpaired) electrons. The number of ether oxygens (including phenoxy) is 2. The van der Waals surface area contributed by atoms with Crippen molar-refractivity contribution in [2.45, 2.75) is 75.1 Å². The van der Waals surface area contributed by atoms with Gasteiger partial charge in [0.15, 0.2) is 5.65 Å². The average molecular weight is 742 g/mol. The molecule has 4 bridgehead atoms. The van der Waals surface area contributed by atoms with Gasteiger partial charge in [0.2, 0.25) is 5.95 Å². The van der Waals surface area contributed by atoms with E-state index in [9.17, 15) is 18.0 Å². The lowest BCUT2D eigenvalue weighted by molar-refractivity contribution is 0.0227. The second kappa shape index (κ2) is 12.7. The lowest BCUT2D eigenvalue weighted by atomic mass is 9.97. The number of benzene rings is 2. The number of pyridine rings is 1. The minimum Gasteiger partial charge on any atom is -0.444 e. The van der Waals surface area contributed by atoms with E-state index in [0.717, 1.165) is 9.54 Å². The van der Waals surface area contributed by atoms with E-state index in [2.05, 4.69) is 10.4 Å². The molecule has 3 aliphatic rings. The molecule has 1 amide bonds. The Morgan fingerprint density at radius 3 is 2.47 bits per heavy atom. The standard InChI is InChI=1S/C38H40FN7O6S/c1-38(2,3)52-36(47)41-27-18-24-19-29(27)51-17-9-10-22-13-15-23(16-14-22)30-31-33-28(44(5)37(48)45(24)33)20-40-35(31)46(32(30)26-21-43(4)42-34(26)39)53(49,50)25-11-7-6-8-12-25/h6-8,11-16,20-21,24,27,29H,9-10,17-19H2,1-5H3,(H,41,47)/t24-,27-,29+/m0/s1. The third-order valence-corrected chi connectivity index (χ3v) is 11.7. The Morgan fingerprint density at radius 2 is 1.79 bits per heavy atom. The van der Waals surface area contributed by atoms with Gasteiger partial charge in [-0.1, -0.05) is 42.5 Å². The van der Waals surface area contributed by atoms with Gasteiger partial charge in [0.05, 0.1) is 50.9 Å². The number of halogens is 1. The smallest absolute Gasteiger partial charge is 0.407 e. The topological polar surface area (TPSA) is 144 Å². The van der Waals surface area contributed by atoms with Crippen LogP contribution in [0.2, 0.25) is 0 Å². The predicted molar refractivity (Wildman–Crippen MR) is 197 cm³/mol. The number of carbonyl (C=O) groups is 1. The molecule has 276 valence electrons. The van der Waals surface area contributed by atoms with Crippen LogP contribution < -0.4 is 11.0 Å². The van der Waals surface area contributed by atoms with E-state index in [0.29, 0.717) is 59.8 Å². The number of hydrogen-bond donors (Lipinski definition) is 1. The third kappa shape index (κ3) is 5.91. The molecule has 3 atom stereocenters. The Bertz CT molecular complexity index is 2570. The second-order valence-electron chi connectivity index (χ2n) is 14.8. The van der Waals surface area contributed by atoms with Crippen molar-refractivity contribution in [2.75, 3.05) is 6.61 Å². The number of aromatic nitrogens is 6. The van der Waals surface area contributed by atoms with E-state index in [1.165, 1.54) is 33.8 Å². The molecule has 1 aliphatic carbocycles. The first-order valence-corrected chi connectivity index (χ1v) is 19.0. The molecule has 0 unspecified atom stereocenters. The largest absolute Gasteiger partial charge is 0.444 e. The van der Waals surface area contributed by atoms with Gasteiger partial charge in [-0.2, -0.15) is 4.39 Å². The number of alkyl carbamates (subject to hydrolysis) is 1. The monoisotopic (exact) mass is 741 g/mol. The molecule has 9 rings (SSSR count). The van der Waals surface area contributed by atoms with Gasteiger partial charge in [-0.15, -0.1) is 5.10 Å². The number of imidazole rings is 1. The predicted octanol–water partition coefficient (Wildman–Crippen LogP) is 5.69. The van der Waals surface area contributed by atoms with Crippen LogP contribution in [0.3, 0.4) is 0 Å². The van der Waals surface area contributed by atoms with E-state index in [1.807, 2.05) is 24.3 Å². The van der Waals surface area contributed by atoms with E-state index < -0.39 is 45.9 Å². The fourth-order valence-electron chi connectivity index (χ4n) is 7.79. The van der Waals surface area contributed by atoms with E-state index in [1.54, 1.807) is 57.6 Å². The molecule has 1 fully saturated rings. The van der Waals surface area contributed by atoms with E-state index in [-0.39, 0.29) is 27.5 Å². The van der Waals surface area contributed by atoms with Gasteiger partial charge < -0.3 is 14.8 Å². The second-order valence-corrected chi connectivity index (χ2v) is 16.6. The molecule has 1 saturated carbocycles. The quantitative estimate of drug-likeness (QED) is 0.243. The lowest BCUT2D eigenvalue weighted by Crippen LogP contribution is -2.43. The molecule has 4 aromatic heterocycles. The van der Waals surface area contributed by atoms with Gasteiger partial charge in [-0.05, 0) is 69.7 Å². The number of aryl methyl sites for hydroxylation is 3. The van der Waals surface area contributed by atoms with Crippen LogP contribution in [0.5, 0.6) is 0 Å². The van der Waals surface area contributed by atoms with Gasteiger partial charge in [0.1, 0.15) is 5.60 Å². The summed E-state index contributed by atoms with van der Waals surface area (Å²) in [7, 11) is -1.22. The van der Waals surface area contributed by atoms with Gasteiger partial charge >= 0.3 is 11.8 Å². The molecule has 2 aliphatic heterocycles. The summed E-state index contributed by atoms with van der Waals surface area (Å²) in [6.45, 7) is 5.79. The Labute approximate surface area is 305 Å². The zero-order valence-corrected chi connectivity index (χ0v) is 30.9. The van der Waals surface area contributed by atoms with Crippen molar-refractivity contribution in [3.63, 3.8) is 0 Å². The van der Waals surface area contributed by atoms with Crippen molar-refractivity contribution in [2.24, 2.45) is 14.1 Å². The van der Waals surface area contributed by atoms with Crippen LogP contribution in [0.1, 0.15) is 51.6 Å². The Morgan fingerprint density at radius 1 is 1.06 bits per heavy atom. The van der Waals surface area contributed by atoms with Crippen LogP contribution in [0, 0.1) is 5.95 Å². The Hall–Kier alpha value is -5.28. The summed E-state index contributed by atoms with van der Waals surface area (Å²) in [6, 6.07) is 14.6. The summed E-state index contributed by atoms with van der Waals surface area (Å²) in [6.07, 6.45) is 4.01. The zero-order valence-electron chi connectivity index (χ0n) is 30.0. The summed E-state index contributed by atoms with van der Waals surface area (Å²) in [5.74, 6) is -0.864. The summed E-state index contributed by atoms with van der Waals surface area (Å²) in [4.78, 5) is 32.2. The number of fused-ring (bicyclic) bond motifs is 5. The number of carbonyl (C=O) groups excluding carboxylic acids is 1. The molecular formula is C38H40FN7O6S. The molecule has 15 heteroatoms. The normalized spacial score (nSPS) is 19.2. The van der Waals surface area contributed by atoms with Crippen molar-refractivity contribution in [3.8, 4) is 22.4 Å². The summed E-state index contributed by atoms with van der Waals surface area (Å²) in [5.41, 5.74) is 1.85. The molecule has 0 spiro atoms. The SMILES string of the molecule is Cn1cc(-c2c3c4c(ncc5c4n(c(=O)n5C)[C@H]4C[C@H](NC(=O)OC(C)(C)C)[C@@H](C4)OCCCc4ccc-3cc4)n2S(=O)(=O)c2ccccc2)c(F)n1. The minimum absolute atomic E-state index is 0.0225. The maximum absolute atomic E-state index is 16.0. The van der Waals surface area contributed by atoms with Gasteiger partial charge in [-0.25, -0.2) is 27.0 Å². The van der Waals surface area contributed by atoms with Gasteiger partial charge in [0, 0.05) is 38.5 Å². The number of hydrogen-bond acceptors (Lipinski definition) is 8. The minimum atomic E-state index is -4.42. The number of nitrogens with one attached hydrogen (secondary N) is 1. The molecule has 1 N–H and O–H groups in total. The van der Waals surface area contributed by atoms with E-state index in [4.69, 9.17) is 14.5 Å². The van der Waals surface area contributed by atoms with Crippen LogP contribution in [-0.4, -0.2) is 66.7 Å². The lowest BCUT2D eigenvalue weighted by Gasteiger charge is -2.24. The number of amides is 1. The molecular weight excluding hydrogens is 702 g/mol. The van der Waals surface area contributed by atoms with Crippen molar-refractivity contribution < 1.29 is 27.1 Å². The molecule has 0 saturated heterocycles. The average Bonchev–Trinajstić information content (AvgIpc) is 3.83. The molecule has 6 heterocycles. The van der Waals surface area contributed by atoms with Gasteiger partial charge in [-0.3, -0.25) is 13.8 Å². The maximum Gasteiger partial charge on any atom is 0.407 e. The maximum atomic E-state index is 16.0. The molecule has 6 aromatic rings. The third-order valence-electron chi connectivity index (χ3n) is 10.0. The molecule has 2 aromatic carbocycles. The van der Waals surface area contributed by atoms with Crippen LogP contribution in [0.15, 0.2) is 76.7 Å². The van der Waals surface area contributed by atoms with Crippen LogP contribution in [0.25, 0.3) is 44.5 Å². The van der Waals surface area contributed by atoms with Gasteiger partial charge in [0.25, 0.3) is 10.0 Å². The highest BCUT2D eigenvalue weighted by Crippen LogP contribution is 2.46. The van der Waals surface area contributed by atoms with Crippen molar-refractivity contribution >= 4 is 38.2 Å². The molecule has 13 nitrogen and oxygen atoms in total. The summed E-state index contributed by atoms with van der Waals surface area (Å²) >= 11 is 0. The number of nitrogens with zero attached hydrogens (tertiary/aromatic N) is 6.